The molecule has 0 unspecified atom stereocenters. The Kier molecular flexibility index (Phi) is 5.15. The second kappa shape index (κ2) is 6.17. The van der Waals surface area contributed by atoms with Crippen LogP contribution in [0.3, 0.4) is 0 Å². The highest BCUT2D eigenvalue weighted by Gasteiger charge is 2.00. The van der Waals surface area contributed by atoms with Gasteiger partial charge in [-0.15, -0.1) is 0 Å². The monoisotopic (exact) mass is 256 g/mol. The van der Waals surface area contributed by atoms with Crippen LogP contribution in [0.5, 0.6) is 0 Å². The molecule has 0 aliphatic heterocycles. The lowest BCUT2D eigenvalue weighted by atomic mass is 10.1. The fourth-order valence-electron chi connectivity index (χ4n) is 1.29. The normalized spacial score (nSPS) is 10.5. The van der Waals surface area contributed by atoms with Gasteiger partial charge in [0, 0.05) is 11.0 Å². The number of aryl methyl sites for hydroxylation is 1. The summed E-state index contributed by atoms with van der Waals surface area (Å²) in [5, 5.41) is 3.36. The Hall–Kier alpha value is -0.380. The molecule has 78 valence electrons. The van der Waals surface area contributed by atoms with Crippen molar-refractivity contribution in [2.24, 2.45) is 5.73 Å². The van der Waals surface area contributed by atoms with Crippen molar-refractivity contribution in [2.45, 2.75) is 19.9 Å². The SMILES string of the molecule is Cc1cccc(CNCCCN)c1Br. The number of halogens is 1. The number of rotatable bonds is 5. The number of nitrogens with two attached hydrogens (primary N) is 1. The average molecular weight is 257 g/mol. The van der Waals surface area contributed by atoms with Crippen molar-refractivity contribution >= 4 is 15.9 Å². The summed E-state index contributed by atoms with van der Waals surface area (Å²) in [5.74, 6) is 0. The highest BCUT2D eigenvalue weighted by molar-refractivity contribution is 9.10. The van der Waals surface area contributed by atoms with Crippen molar-refractivity contribution in [1.82, 2.24) is 5.32 Å². The van der Waals surface area contributed by atoms with Crippen molar-refractivity contribution < 1.29 is 0 Å². The summed E-state index contributed by atoms with van der Waals surface area (Å²) in [4.78, 5) is 0. The van der Waals surface area contributed by atoms with Crippen LogP contribution in [0.4, 0.5) is 0 Å². The van der Waals surface area contributed by atoms with E-state index < -0.39 is 0 Å². The summed E-state index contributed by atoms with van der Waals surface area (Å²) in [7, 11) is 0. The molecule has 14 heavy (non-hydrogen) atoms. The zero-order valence-electron chi connectivity index (χ0n) is 8.52. The third-order valence-electron chi connectivity index (χ3n) is 2.14. The van der Waals surface area contributed by atoms with Gasteiger partial charge in [0.2, 0.25) is 0 Å². The lowest BCUT2D eigenvalue weighted by molar-refractivity contribution is 0.654. The molecule has 0 amide bonds. The first-order valence-electron chi connectivity index (χ1n) is 4.90. The summed E-state index contributed by atoms with van der Waals surface area (Å²) < 4.78 is 1.21. The Morgan fingerprint density at radius 2 is 2.21 bits per heavy atom. The van der Waals surface area contributed by atoms with Gasteiger partial charge in [-0.1, -0.05) is 34.1 Å². The number of benzene rings is 1. The first-order chi connectivity index (χ1) is 6.75. The van der Waals surface area contributed by atoms with E-state index in [1.165, 1.54) is 15.6 Å². The lowest BCUT2D eigenvalue weighted by Crippen LogP contribution is -2.18. The van der Waals surface area contributed by atoms with E-state index in [9.17, 15) is 0 Å². The molecule has 0 bridgehead atoms. The Labute approximate surface area is 94.0 Å². The van der Waals surface area contributed by atoms with Crippen LogP contribution in [-0.2, 0) is 6.54 Å². The van der Waals surface area contributed by atoms with Crippen LogP contribution in [0.1, 0.15) is 17.5 Å². The number of hydrogen-bond donors (Lipinski definition) is 2. The average Bonchev–Trinajstić information content (AvgIpc) is 2.19. The summed E-state index contributed by atoms with van der Waals surface area (Å²) in [6.45, 7) is 4.74. The van der Waals surface area contributed by atoms with Gasteiger partial charge in [-0.05, 0) is 37.6 Å². The molecule has 2 nitrogen and oxygen atoms in total. The van der Waals surface area contributed by atoms with E-state index in [4.69, 9.17) is 5.73 Å². The number of nitrogens with one attached hydrogen (secondary N) is 1. The molecule has 3 heteroatoms. The van der Waals surface area contributed by atoms with Crippen molar-refractivity contribution in [1.29, 1.82) is 0 Å². The smallest absolute Gasteiger partial charge is 0.0249 e. The quantitative estimate of drug-likeness (QED) is 0.793. The number of hydrogen-bond acceptors (Lipinski definition) is 2. The maximum Gasteiger partial charge on any atom is 0.0249 e. The molecule has 0 aliphatic carbocycles. The van der Waals surface area contributed by atoms with Gasteiger partial charge >= 0.3 is 0 Å². The molecule has 0 atom stereocenters. The molecular formula is C11H17BrN2. The van der Waals surface area contributed by atoms with E-state index in [1.807, 2.05) is 0 Å². The van der Waals surface area contributed by atoms with Gasteiger partial charge in [0.15, 0.2) is 0 Å². The van der Waals surface area contributed by atoms with E-state index in [1.54, 1.807) is 0 Å². The Morgan fingerprint density at radius 1 is 1.43 bits per heavy atom. The first kappa shape index (κ1) is 11.7. The maximum atomic E-state index is 5.41. The van der Waals surface area contributed by atoms with Gasteiger partial charge < -0.3 is 11.1 Å². The minimum absolute atomic E-state index is 0.752. The van der Waals surface area contributed by atoms with Gasteiger partial charge in [0.25, 0.3) is 0 Å². The molecule has 1 rings (SSSR count). The summed E-state index contributed by atoms with van der Waals surface area (Å²) in [6, 6.07) is 6.32. The molecule has 0 spiro atoms. The zero-order valence-corrected chi connectivity index (χ0v) is 10.1. The molecule has 0 saturated heterocycles. The minimum atomic E-state index is 0.752. The van der Waals surface area contributed by atoms with Crippen molar-refractivity contribution in [3.8, 4) is 0 Å². The fourth-order valence-corrected chi connectivity index (χ4v) is 1.70. The molecular weight excluding hydrogens is 240 g/mol. The highest BCUT2D eigenvalue weighted by atomic mass is 79.9. The van der Waals surface area contributed by atoms with Crippen LogP contribution in [-0.4, -0.2) is 13.1 Å². The van der Waals surface area contributed by atoms with Gasteiger partial charge in [-0.2, -0.15) is 0 Å². The largest absolute Gasteiger partial charge is 0.330 e. The van der Waals surface area contributed by atoms with E-state index in [0.717, 1.165) is 26.1 Å². The highest BCUT2D eigenvalue weighted by Crippen LogP contribution is 2.20. The fraction of sp³-hybridized carbons (Fsp3) is 0.455. The van der Waals surface area contributed by atoms with Gasteiger partial charge in [-0.3, -0.25) is 0 Å². The molecule has 3 N–H and O–H groups in total. The van der Waals surface area contributed by atoms with E-state index >= 15 is 0 Å². The molecule has 1 aromatic carbocycles. The Balaban J connectivity index is 2.46. The van der Waals surface area contributed by atoms with Crippen LogP contribution >= 0.6 is 15.9 Å². The molecule has 0 aromatic heterocycles. The second-order valence-electron chi connectivity index (χ2n) is 3.37. The summed E-state index contributed by atoms with van der Waals surface area (Å²) in [5.41, 5.74) is 8.00. The van der Waals surface area contributed by atoms with Gasteiger partial charge in [0.05, 0.1) is 0 Å². The standard InChI is InChI=1S/C11H17BrN2/c1-9-4-2-5-10(11(9)12)8-14-7-3-6-13/h2,4-5,14H,3,6-8,13H2,1H3. The summed E-state index contributed by atoms with van der Waals surface area (Å²) in [6.07, 6.45) is 1.03. The van der Waals surface area contributed by atoms with Crippen molar-refractivity contribution in [3.05, 3.63) is 33.8 Å². The first-order valence-corrected chi connectivity index (χ1v) is 5.69. The van der Waals surface area contributed by atoms with Gasteiger partial charge in [-0.25, -0.2) is 0 Å². The third-order valence-corrected chi connectivity index (χ3v) is 3.28. The Bertz CT molecular complexity index is 287. The molecule has 0 radical (unpaired) electrons. The van der Waals surface area contributed by atoms with Crippen LogP contribution in [0.25, 0.3) is 0 Å². The topological polar surface area (TPSA) is 38.0 Å². The van der Waals surface area contributed by atoms with E-state index in [-0.39, 0.29) is 0 Å². The second-order valence-corrected chi connectivity index (χ2v) is 4.16. The van der Waals surface area contributed by atoms with Crippen LogP contribution in [0.15, 0.2) is 22.7 Å². The lowest BCUT2D eigenvalue weighted by Gasteiger charge is -2.08. The molecule has 0 fully saturated rings. The Morgan fingerprint density at radius 3 is 2.93 bits per heavy atom. The van der Waals surface area contributed by atoms with Gasteiger partial charge in [0.1, 0.15) is 0 Å². The molecule has 0 heterocycles. The predicted octanol–water partition coefficient (Wildman–Crippen LogP) is 2.20. The maximum absolute atomic E-state index is 5.41. The summed E-state index contributed by atoms with van der Waals surface area (Å²) >= 11 is 3.58. The zero-order chi connectivity index (χ0) is 10.4. The van der Waals surface area contributed by atoms with Crippen LogP contribution < -0.4 is 11.1 Å². The van der Waals surface area contributed by atoms with E-state index in [0.29, 0.717) is 0 Å². The van der Waals surface area contributed by atoms with E-state index in [2.05, 4.69) is 46.4 Å². The van der Waals surface area contributed by atoms with Crippen LogP contribution in [0.2, 0.25) is 0 Å². The van der Waals surface area contributed by atoms with Crippen LogP contribution in [0, 0.1) is 6.92 Å². The molecule has 0 aliphatic rings. The van der Waals surface area contributed by atoms with Crippen molar-refractivity contribution in [2.75, 3.05) is 13.1 Å². The minimum Gasteiger partial charge on any atom is -0.330 e. The molecule has 0 saturated carbocycles. The van der Waals surface area contributed by atoms with Crippen molar-refractivity contribution in [3.63, 3.8) is 0 Å². The predicted molar refractivity (Wildman–Crippen MR) is 64.3 cm³/mol. The molecule has 1 aromatic rings. The third kappa shape index (κ3) is 3.40.